The minimum absolute atomic E-state index is 0.426. The van der Waals surface area contributed by atoms with Crippen LogP contribution in [0.1, 0.15) is 22.3 Å². The SMILES string of the molecule is c1ccc(N(c2ccccc2)c2ccc3c4ccccc4n(-c4ccc(-c5ccc6c(c5)-c5ccccc5C6(c5ccccc5)c5ccccc5)c5ccccc45)c3c2)cc1. The topological polar surface area (TPSA) is 8.17 Å². The zero-order chi connectivity index (χ0) is 40.3. The molecule has 0 saturated heterocycles. The second-order valence-electron chi connectivity index (χ2n) is 16.0. The van der Waals surface area contributed by atoms with Crippen molar-refractivity contribution in [2.24, 2.45) is 0 Å². The van der Waals surface area contributed by atoms with Crippen molar-refractivity contribution in [3.8, 4) is 27.9 Å². The number of anilines is 3. The van der Waals surface area contributed by atoms with Crippen molar-refractivity contribution < 1.29 is 0 Å². The Labute approximate surface area is 355 Å². The molecule has 286 valence electrons. The molecule has 0 aliphatic heterocycles. The Morgan fingerprint density at radius 3 is 1.54 bits per heavy atom. The van der Waals surface area contributed by atoms with Crippen molar-refractivity contribution in [1.82, 2.24) is 4.57 Å². The Balaban J connectivity index is 1.06. The molecule has 12 rings (SSSR count). The van der Waals surface area contributed by atoms with Crippen LogP contribution >= 0.6 is 0 Å². The van der Waals surface area contributed by atoms with Crippen molar-refractivity contribution in [2.75, 3.05) is 4.90 Å². The van der Waals surface area contributed by atoms with E-state index in [9.17, 15) is 0 Å². The van der Waals surface area contributed by atoms with Crippen LogP contribution in [0.15, 0.2) is 243 Å². The van der Waals surface area contributed by atoms with E-state index in [0.717, 1.165) is 22.7 Å². The van der Waals surface area contributed by atoms with Crippen LogP contribution in [0.2, 0.25) is 0 Å². The van der Waals surface area contributed by atoms with Crippen molar-refractivity contribution in [1.29, 1.82) is 0 Å². The van der Waals surface area contributed by atoms with Crippen molar-refractivity contribution in [2.45, 2.75) is 5.41 Å². The van der Waals surface area contributed by atoms with Crippen LogP contribution in [-0.2, 0) is 5.41 Å². The number of para-hydroxylation sites is 3. The zero-order valence-electron chi connectivity index (χ0n) is 33.5. The van der Waals surface area contributed by atoms with Crippen LogP contribution in [-0.4, -0.2) is 4.57 Å². The van der Waals surface area contributed by atoms with Crippen LogP contribution in [0.4, 0.5) is 17.1 Å². The van der Waals surface area contributed by atoms with Gasteiger partial charge in [0, 0.05) is 33.2 Å². The van der Waals surface area contributed by atoms with Gasteiger partial charge in [-0.05, 0) is 104 Å². The van der Waals surface area contributed by atoms with E-state index in [4.69, 9.17) is 0 Å². The van der Waals surface area contributed by atoms with Crippen molar-refractivity contribution in [3.05, 3.63) is 265 Å². The van der Waals surface area contributed by atoms with Crippen LogP contribution in [0, 0.1) is 0 Å². The summed E-state index contributed by atoms with van der Waals surface area (Å²) in [6.07, 6.45) is 0. The van der Waals surface area contributed by atoms with Gasteiger partial charge in [-0.2, -0.15) is 0 Å². The van der Waals surface area contributed by atoms with Gasteiger partial charge in [0.25, 0.3) is 0 Å². The third-order valence-electron chi connectivity index (χ3n) is 12.9. The van der Waals surface area contributed by atoms with Gasteiger partial charge in [-0.25, -0.2) is 0 Å². The maximum Gasteiger partial charge on any atom is 0.0713 e. The summed E-state index contributed by atoms with van der Waals surface area (Å²) >= 11 is 0. The summed E-state index contributed by atoms with van der Waals surface area (Å²) in [5.74, 6) is 0. The van der Waals surface area contributed by atoms with Crippen LogP contribution in [0.3, 0.4) is 0 Å². The molecule has 0 saturated carbocycles. The highest BCUT2D eigenvalue weighted by atomic mass is 15.1. The Morgan fingerprint density at radius 1 is 0.311 bits per heavy atom. The second kappa shape index (κ2) is 14.1. The summed E-state index contributed by atoms with van der Waals surface area (Å²) in [6, 6.07) is 88.9. The minimum Gasteiger partial charge on any atom is -0.310 e. The maximum absolute atomic E-state index is 2.47. The summed E-state index contributed by atoms with van der Waals surface area (Å²) in [6.45, 7) is 0. The Kier molecular flexibility index (Phi) is 8.11. The molecule has 0 radical (unpaired) electrons. The highest BCUT2D eigenvalue weighted by molar-refractivity contribution is 6.12. The third kappa shape index (κ3) is 5.36. The summed E-state index contributed by atoms with van der Waals surface area (Å²) in [7, 11) is 0. The lowest BCUT2D eigenvalue weighted by atomic mass is 9.67. The van der Waals surface area contributed by atoms with Gasteiger partial charge < -0.3 is 9.47 Å². The van der Waals surface area contributed by atoms with E-state index >= 15 is 0 Å². The average Bonchev–Trinajstić information content (AvgIpc) is 3.82. The number of fused-ring (bicyclic) bond motifs is 7. The average molecular weight is 777 g/mol. The lowest BCUT2D eigenvalue weighted by molar-refractivity contribution is 0.768. The van der Waals surface area contributed by atoms with E-state index in [1.54, 1.807) is 0 Å². The van der Waals surface area contributed by atoms with E-state index in [2.05, 4.69) is 252 Å². The van der Waals surface area contributed by atoms with Gasteiger partial charge in [0.15, 0.2) is 0 Å². The van der Waals surface area contributed by atoms with E-state index in [0.29, 0.717) is 0 Å². The molecule has 0 unspecified atom stereocenters. The molecule has 0 bridgehead atoms. The molecule has 1 aliphatic rings. The molecule has 0 N–H and O–H groups in total. The van der Waals surface area contributed by atoms with Gasteiger partial charge in [0.05, 0.1) is 22.1 Å². The van der Waals surface area contributed by atoms with Crippen LogP contribution in [0.25, 0.3) is 60.5 Å². The van der Waals surface area contributed by atoms with Crippen molar-refractivity contribution >= 4 is 49.6 Å². The van der Waals surface area contributed by atoms with E-state index in [-0.39, 0.29) is 0 Å². The standard InChI is InChI=1S/C59H40N2/c1-5-19-42(20-6-1)59(43-21-7-2-8-22-43)54-31-17-15-28-49(54)53-39-41(33-37-55(53)59)47-36-38-57(50-29-14-13-27-48(47)50)61-56-32-18-16-30-51(56)52-35-34-46(40-58(52)61)60(44-23-9-3-10-24-44)45-25-11-4-12-26-45/h1-40H. The first-order chi connectivity index (χ1) is 30.3. The first-order valence-electron chi connectivity index (χ1n) is 21.1. The first kappa shape index (κ1) is 35.0. The van der Waals surface area contributed by atoms with Crippen LogP contribution in [0.5, 0.6) is 0 Å². The lowest BCUT2D eigenvalue weighted by Crippen LogP contribution is -2.28. The smallest absolute Gasteiger partial charge is 0.0713 e. The molecule has 0 atom stereocenters. The highest BCUT2D eigenvalue weighted by Gasteiger charge is 2.46. The van der Waals surface area contributed by atoms with E-state index < -0.39 is 5.41 Å². The molecule has 2 heteroatoms. The normalized spacial score (nSPS) is 12.7. The number of benzene rings is 10. The molecule has 2 nitrogen and oxygen atoms in total. The predicted octanol–water partition coefficient (Wildman–Crippen LogP) is 15.4. The molecule has 11 aromatic rings. The fourth-order valence-electron chi connectivity index (χ4n) is 10.3. The predicted molar refractivity (Wildman–Crippen MR) is 256 cm³/mol. The molecule has 10 aromatic carbocycles. The highest BCUT2D eigenvalue weighted by Crippen LogP contribution is 2.57. The summed E-state index contributed by atoms with van der Waals surface area (Å²) in [4.78, 5) is 2.35. The van der Waals surface area contributed by atoms with Gasteiger partial charge in [-0.1, -0.05) is 188 Å². The number of nitrogens with zero attached hydrogens (tertiary/aromatic N) is 2. The molecule has 1 aromatic heterocycles. The molecule has 0 spiro atoms. The van der Waals surface area contributed by atoms with Crippen LogP contribution < -0.4 is 4.90 Å². The third-order valence-corrected chi connectivity index (χ3v) is 12.9. The fourth-order valence-corrected chi connectivity index (χ4v) is 10.3. The van der Waals surface area contributed by atoms with Gasteiger partial charge >= 0.3 is 0 Å². The first-order valence-corrected chi connectivity index (χ1v) is 21.1. The molecule has 0 fully saturated rings. The summed E-state index contributed by atoms with van der Waals surface area (Å²) < 4.78 is 2.47. The monoisotopic (exact) mass is 776 g/mol. The summed E-state index contributed by atoms with van der Waals surface area (Å²) in [5, 5.41) is 4.90. The summed E-state index contributed by atoms with van der Waals surface area (Å²) in [5.41, 5.74) is 16.6. The molecule has 0 amide bonds. The Hall–Kier alpha value is -7.94. The molecule has 61 heavy (non-hydrogen) atoms. The Morgan fingerprint density at radius 2 is 0.852 bits per heavy atom. The second-order valence-corrected chi connectivity index (χ2v) is 16.0. The molecular formula is C59H40N2. The molecule has 1 aliphatic carbocycles. The molecule has 1 heterocycles. The minimum atomic E-state index is -0.426. The zero-order valence-corrected chi connectivity index (χ0v) is 33.5. The lowest BCUT2D eigenvalue weighted by Gasteiger charge is -2.33. The number of hydrogen-bond acceptors (Lipinski definition) is 1. The number of aromatic nitrogens is 1. The van der Waals surface area contributed by atoms with Gasteiger partial charge in [-0.3, -0.25) is 0 Å². The van der Waals surface area contributed by atoms with E-state index in [1.165, 1.54) is 77.1 Å². The Bertz CT molecular complexity index is 3330. The van der Waals surface area contributed by atoms with E-state index in [1.807, 2.05) is 0 Å². The number of hydrogen-bond donors (Lipinski definition) is 0. The van der Waals surface area contributed by atoms with Crippen molar-refractivity contribution in [3.63, 3.8) is 0 Å². The maximum atomic E-state index is 2.47. The molecular weight excluding hydrogens is 737 g/mol. The number of rotatable bonds is 7. The fraction of sp³-hybridized carbons (Fsp3) is 0.0169. The van der Waals surface area contributed by atoms with Gasteiger partial charge in [-0.15, -0.1) is 0 Å². The van der Waals surface area contributed by atoms with Gasteiger partial charge in [0.2, 0.25) is 0 Å². The quantitative estimate of drug-likeness (QED) is 0.156. The van der Waals surface area contributed by atoms with Gasteiger partial charge in [0.1, 0.15) is 0 Å². The largest absolute Gasteiger partial charge is 0.310 e.